The molecule has 0 saturated carbocycles. The van der Waals surface area contributed by atoms with E-state index in [4.69, 9.17) is 11.6 Å². The van der Waals surface area contributed by atoms with Gasteiger partial charge < -0.3 is 10.1 Å². The van der Waals surface area contributed by atoms with E-state index in [1.54, 1.807) is 30.3 Å². The maximum atomic E-state index is 12.6. The Morgan fingerprint density at radius 3 is 2.69 bits per heavy atom. The molecule has 7 nitrogen and oxygen atoms in total. The van der Waals surface area contributed by atoms with E-state index in [1.807, 2.05) is 13.8 Å². The van der Waals surface area contributed by atoms with Gasteiger partial charge in [0.2, 0.25) is 10.0 Å². The second-order valence-electron chi connectivity index (χ2n) is 7.20. The molecule has 29 heavy (non-hydrogen) atoms. The summed E-state index contributed by atoms with van der Waals surface area (Å²) < 4.78 is 27.7. The molecule has 1 aliphatic rings. The van der Waals surface area contributed by atoms with Gasteiger partial charge in [0.25, 0.3) is 0 Å². The predicted molar refractivity (Wildman–Crippen MR) is 112 cm³/mol. The molecule has 0 spiro atoms. The van der Waals surface area contributed by atoms with Crippen LogP contribution in [0.15, 0.2) is 57.1 Å². The second kappa shape index (κ2) is 7.29. The van der Waals surface area contributed by atoms with Crippen LogP contribution in [-0.2, 0) is 10.0 Å². The van der Waals surface area contributed by atoms with E-state index in [2.05, 4.69) is 19.7 Å². The van der Waals surface area contributed by atoms with Crippen LogP contribution in [0.1, 0.15) is 19.4 Å². The van der Waals surface area contributed by atoms with Crippen LogP contribution in [0.3, 0.4) is 0 Å². The molecule has 3 aromatic rings. The SMILES string of the molecule is CC(C)CNS(=O)(=O)c1ccc2[nH]c(O)c(/C=C3/N=c4ccc(Cl)cc4=N3)c2c1. The van der Waals surface area contributed by atoms with Crippen LogP contribution in [0.25, 0.3) is 17.0 Å². The van der Waals surface area contributed by atoms with Crippen molar-refractivity contribution in [1.82, 2.24) is 9.71 Å². The number of nitrogens with one attached hydrogen (secondary N) is 2. The molecule has 0 amide bonds. The van der Waals surface area contributed by atoms with Crippen molar-refractivity contribution in [2.75, 3.05) is 6.54 Å². The number of hydrogen-bond donors (Lipinski definition) is 3. The van der Waals surface area contributed by atoms with E-state index in [9.17, 15) is 13.5 Å². The van der Waals surface area contributed by atoms with Gasteiger partial charge in [-0.15, -0.1) is 0 Å². The van der Waals surface area contributed by atoms with Crippen molar-refractivity contribution < 1.29 is 13.5 Å². The topological polar surface area (TPSA) is 107 Å². The van der Waals surface area contributed by atoms with Crippen molar-refractivity contribution in [2.24, 2.45) is 15.9 Å². The van der Waals surface area contributed by atoms with Gasteiger partial charge in [-0.1, -0.05) is 25.4 Å². The predicted octanol–water partition coefficient (Wildman–Crippen LogP) is 2.71. The Labute approximate surface area is 172 Å². The quantitative estimate of drug-likeness (QED) is 0.579. The number of aromatic hydroxyl groups is 1. The van der Waals surface area contributed by atoms with Gasteiger partial charge in [-0.05, 0) is 48.4 Å². The fraction of sp³-hybridized carbons (Fsp3) is 0.200. The van der Waals surface area contributed by atoms with E-state index < -0.39 is 10.0 Å². The third-order valence-corrected chi connectivity index (χ3v) is 6.12. The summed E-state index contributed by atoms with van der Waals surface area (Å²) in [6, 6.07) is 9.86. The number of aromatic nitrogens is 1. The fourth-order valence-corrected chi connectivity index (χ4v) is 4.40. The summed E-state index contributed by atoms with van der Waals surface area (Å²) >= 11 is 5.99. The van der Waals surface area contributed by atoms with E-state index in [1.165, 1.54) is 12.1 Å². The minimum absolute atomic E-state index is 0.0865. The second-order valence-corrected chi connectivity index (χ2v) is 9.40. The van der Waals surface area contributed by atoms with Crippen LogP contribution >= 0.6 is 11.6 Å². The molecular formula is C20H19ClN4O3S. The number of fused-ring (bicyclic) bond motifs is 2. The Hall–Kier alpha value is -2.68. The van der Waals surface area contributed by atoms with Crippen LogP contribution in [-0.4, -0.2) is 25.1 Å². The number of benzene rings is 2. The van der Waals surface area contributed by atoms with Gasteiger partial charge in [0.05, 0.1) is 15.6 Å². The molecule has 0 radical (unpaired) electrons. The number of aromatic amines is 1. The molecule has 0 fully saturated rings. The number of sulfonamides is 1. The van der Waals surface area contributed by atoms with Crippen molar-refractivity contribution >= 4 is 38.6 Å². The fourth-order valence-electron chi connectivity index (χ4n) is 3.00. The standard InChI is InChI=1S/C20H19ClN4O3S/c1-11(2)10-22-29(27,28)13-4-6-16-14(8-13)15(20(26)25-16)9-19-23-17-5-3-12(21)7-18(17)24-19/h3-9,11,22,25-26H,10H2,1-2H3/b19-9-. The van der Waals surface area contributed by atoms with Gasteiger partial charge >= 0.3 is 0 Å². The first-order chi connectivity index (χ1) is 13.7. The molecule has 3 N–H and O–H groups in total. The first-order valence-electron chi connectivity index (χ1n) is 9.02. The van der Waals surface area contributed by atoms with Crippen LogP contribution in [0.2, 0.25) is 5.02 Å². The van der Waals surface area contributed by atoms with Crippen molar-refractivity contribution in [3.8, 4) is 5.88 Å². The average Bonchev–Trinajstić information content (AvgIpc) is 3.20. The third kappa shape index (κ3) is 3.91. The van der Waals surface area contributed by atoms with Crippen LogP contribution in [0, 0.1) is 5.92 Å². The summed E-state index contributed by atoms with van der Waals surface area (Å²) in [6.45, 7) is 4.20. The molecule has 0 saturated heterocycles. The largest absolute Gasteiger partial charge is 0.494 e. The van der Waals surface area contributed by atoms with E-state index in [0.29, 0.717) is 44.6 Å². The summed E-state index contributed by atoms with van der Waals surface area (Å²) in [5, 5.41) is 12.8. The Bertz CT molecular complexity index is 1370. The Kier molecular flexibility index (Phi) is 4.94. The van der Waals surface area contributed by atoms with Gasteiger partial charge in [0.1, 0.15) is 0 Å². The Morgan fingerprint density at radius 2 is 1.93 bits per heavy atom. The lowest BCUT2D eigenvalue weighted by Gasteiger charge is -2.09. The van der Waals surface area contributed by atoms with Crippen molar-refractivity contribution in [2.45, 2.75) is 18.7 Å². The van der Waals surface area contributed by atoms with Crippen LogP contribution < -0.4 is 15.4 Å². The van der Waals surface area contributed by atoms with E-state index >= 15 is 0 Å². The summed E-state index contributed by atoms with van der Waals surface area (Å²) in [5.74, 6) is 0.493. The van der Waals surface area contributed by atoms with Crippen LogP contribution in [0.4, 0.5) is 0 Å². The molecule has 0 aliphatic carbocycles. The number of H-pyrrole nitrogens is 1. The Morgan fingerprint density at radius 1 is 1.17 bits per heavy atom. The van der Waals surface area contributed by atoms with Crippen molar-refractivity contribution in [3.63, 3.8) is 0 Å². The highest BCUT2D eigenvalue weighted by molar-refractivity contribution is 7.89. The zero-order chi connectivity index (χ0) is 20.8. The molecule has 9 heteroatoms. The molecule has 2 heterocycles. The van der Waals surface area contributed by atoms with Crippen molar-refractivity contribution in [1.29, 1.82) is 0 Å². The maximum absolute atomic E-state index is 12.6. The zero-order valence-corrected chi connectivity index (χ0v) is 17.3. The molecular weight excluding hydrogens is 412 g/mol. The molecule has 150 valence electrons. The van der Waals surface area contributed by atoms with Gasteiger partial charge in [-0.2, -0.15) is 0 Å². The van der Waals surface area contributed by atoms with Gasteiger partial charge in [-0.25, -0.2) is 23.1 Å². The molecule has 2 aromatic carbocycles. The molecule has 0 atom stereocenters. The number of halogens is 1. The molecule has 1 aliphatic heterocycles. The van der Waals surface area contributed by atoms with E-state index in [-0.39, 0.29) is 16.7 Å². The first kappa shape index (κ1) is 19.6. The summed E-state index contributed by atoms with van der Waals surface area (Å²) in [4.78, 5) is 11.8. The number of rotatable bonds is 5. The number of nitrogens with zero attached hydrogens (tertiary/aromatic N) is 2. The average molecular weight is 431 g/mol. The highest BCUT2D eigenvalue weighted by atomic mass is 35.5. The molecule has 0 unspecified atom stereocenters. The molecule has 4 rings (SSSR count). The minimum atomic E-state index is -3.66. The lowest BCUT2D eigenvalue weighted by atomic mass is 10.1. The first-order valence-corrected chi connectivity index (χ1v) is 10.9. The summed E-state index contributed by atoms with van der Waals surface area (Å²) in [7, 11) is -3.66. The maximum Gasteiger partial charge on any atom is 0.240 e. The number of hydrogen-bond acceptors (Lipinski definition) is 5. The Balaban J connectivity index is 1.79. The highest BCUT2D eigenvalue weighted by Crippen LogP contribution is 2.31. The van der Waals surface area contributed by atoms with Gasteiger partial charge in [0, 0.05) is 28.0 Å². The zero-order valence-electron chi connectivity index (χ0n) is 15.8. The van der Waals surface area contributed by atoms with Crippen LogP contribution in [0.5, 0.6) is 5.88 Å². The lowest BCUT2D eigenvalue weighted by molar-refractivity contribution is 0.457. The highest BCUT2D eigenvalue weighted by Gasteiger charge is 2.18. The minimum Gasteiger partial charge on any atom is -0.494 e. The van der Waals surface area contributed by atoms with Gasteiger partial charge in [0.15, 0.2) is 11.7 Å². The smallest absolute Gasteiger partial charge is 0.240 e. The third-order valence-electron chi connectivity index (χ3n) is 4.46. The molecule has 0 bridgehead atoms. The van der Waals surface area contributed by atoms with E-state index in [0.717, 1.165) is 0 Å². The lowest BCUT2D eigenvalue weighted by Crippen LogP contribution is -2.27. The normalized spacial score (nSPS) is 15.0. The monoisotopic (exact) mass is 430 g/mol. The molecule has 1 aromatic heterocycles. The summed E-state index contributed by atoms with van der Waals surface area (Å²) in [6.07, 6.45) is 1.61. The van der Waals surface area contributed by atoms with Gasteiger partial charge in [-0.3, -0.25) is 0 Å². The summed E-state index contributed by atoms with van der Waals surface area (Å²) in [5.41, 5.74) is 1.03. The van der Waals surface area contributed by atoms with Crippen molar-refractivity contribution in [3.05, 3.63) is 63.5 Å².